The van der Waals surface area contributed by atoms with Crippen molar-refractivity contribution in [2.45, 2.75) is 116 Å². The van der Waals surface area contributed by atoms with E-state index in [1.807, 2.05) is 18.2 Å². The molecule has 0 amide bonds. The summed E-state index contributed by atoms with van der Waals surface area (Å²) >= 11 is 0. The first-order valence-electron chi connectivity index (χ1n) is 20.4. The number of carbonyl (C=O) groups excluding carboxylic acids is 1. The Morgan fingerprint density at radius 2 is 0.981 bits per heavy atom. The quantitative estimate of drug-likeness (QED) is 0.0562. The Kier molecular flexibility index (Phi) is 13.6. The maximum absolute atomic E-state index is 11.4. The molecule has 0 aliphatic heterocycles. The molecular weight excluding hydrogens is 645 g/mol. The van der Waals surface area contributed by atoms with Gasteiger partial charge in [-0.3, -0.25) is 4.79 Å². The molecule has 0 radical (unpaired) electrons. The molecule has 2 heteroatoms. The van der Waals surface area contributed by atoms with Crippen LogP contribution < -0.4 is 4.74 Å². The molecule has 0 fully saturated rings. The third-order valence-corrected chi connectivity index (χ3v) is 11.5. The van der Waals surface area contributed by atoms with Crippen LogP contribution in [-0.2, 0) is 12.0 Å². The lowest BCUT2D eigenvalue weighted by Crippen LogP contribution is -2.25. The van der Waals surface area contributed by atoms with Crippen molar-refractivity contribution in [3.05, 3.63) is 144 Å². The van der Waals surface area contributed by atoms with E-state index >= 15 is 0 Å². The smallest absolute Gasteiger partial charge is 0.150 e. The maximum Gasteiger partial charge on any atom is 0.150 e. The Balaban J connectivity index is 1.33. The normalized spacial score (nSPS) is 12.6. The Morgan fingerprint density at radius 1 is 0.528 bits per heavy atom. The molecule has 274 valence electrons. The maximum atomic E-state index is 11.4. The number of ether oxygens (including phenoxy) is 1. The van der Waals surface area contributed by atoms with Crippen LogP contribution in [0.5, 0.6) is 5.75 Å². The van der Waals surface area contributed by atoms with Gasteiger partial charge < -0.3 is 4.74 Å². The minimum absolute atomic E-state index is 0.0286. The molecule has 1 aliphatic rings. The largest absolute Gasteiger partial charge is 0.489 e. The fourth-order valence-electron chi connectivity index (χ4n) is 8.35. The molecule has 1 aliphatic carbocycles. The lowest BCUT2D eigenvalue weighted by molar-refractivity contribution is 0.112. The fourth-order valence-corrected chi connectivity index (χ4v) is 8.35. The second-order valence-electron chi connectivity index (χ2n) is 15.1. The van der Waals surface area contributed by atoms with Gasteiger partial charge in [-0.05, 0) is 92.7 Å². The van der Waals surface area contributed by atoms with Crippen molar-refractivity contribution in [1.29, 1.82) is 0 Å². The van der Waals surface area contributed by atoms with Gasteiger partial charge in [-0.2, -0.15) is 0 Å². The van der Waals surface area contributed by atoms with Crippen LogP contribution in [-0.4, -0.2) is 6.29 Å². The van der Waals surface area contributed by atoms with Gasteiger partial charge in [0.05, 0.1) is 0 Å². The van der Waals surface area contributed by atoms with Crippen molar-refractivity contribution in [3.8, 4) is 39.1 Å². The molecule has 0 spiro atoms. The van der Waals surface area contributed by atoms with Crippen LogP contribution in [0.25, 0.3) is 39.5 Å². The molecule has 0 unspecified atom stereocenters. The van der Waals surface area contributed by atoms with E-state index in [9.17, 15) is 4.79 Å². The molecule has 53 heavy (non-hydrogen) atoms. The summed E-state index contributed by atoms with van der Waals surface area (Å²) in [6.45, 7) is 8.99. The molecule has 5 aromatic carbocycles. The van der Waals surface area contributed by atoms with E-state index in [0.29, 0.717) is 12.2 Å². The van der Waals surface area contributed by atoms with E-state index < -0.39 is 0 Å². The van der Waals surface area contributed by atoms with Crippen LogP contribution in [0.3, 0.4) is 0 Å². The van der Waals surface area contributed by atoms with E-state index in [-0.39, 0.29) is 5.41 Å². The first-order valence-corrected chi connectivity index (χ1v) is 20.4. The van der Waals surface area contributed by atoms with Crippen LogP contribution >= 0.6 is 0 Å². The highest BCUT2D eigenvalue weighted by Crippen LogP contribution is 2.55. The predicted molar refractivity (Wildman–Crippen MR) is 226 cm³/mol. The summed E-state index contributed by atoms with van der Waals surface area (Å²) in [5.74, 6) is 0.879. The van der Waals surface area contributed by atoms with Crippen LogP contribution in [0.2, 0.25) is 0 Å². The second-order valence-corrected chi connectivity index (χ2v) is 15.1. The Hall–Kier alpha value is -4.69. The van der Waals surface area contributed by atoms with Gasteiger partial charge in [0.1, 0.15) is 18.6 Å². The SMILES string of the molecule is C=Cc1ccc(COc2ccc(-c3ccc4c(c3)C(CCCCCCCC)(CCCCCCCC)c3cc(-c5ccc(C=O)cc5)ccc3-4)cc2)cc1. The highest BCUT2D eigenvalue weighted by atomic mass is 16.5. The minimum Gasteiger partial charge on any atom is -0.489 e. The average molecular weight is 703 g/mol. The zero-order valence-electron chi connectivity index (χ0n) is 32.2. The number of aldehydes is 1. The third-order valence-electron chi connectivity index (χ3n) is 11.5. The lowest BCUT2D eigenvalue weighted by atomic mass is 9.70. The molecular formula is C51H58O2. The van der Waals surface area contributed by atoms with Crippen molar-refractivity contribution < 1.29 is 9.53 Å². The number of hydrogen-bond donors (Lipinski definition) is 0. The van der Waals surface area contributed by atoms with Gasteiger partial charge >= 0.3 is 0 Å². The average Bonchev–Trinajstić information content (AvgIpc) is 3.48. The summed E-state index contributed by atoms with van der Waals surface area (Å²) in [4.78, 5) is 11.4. The van der Waals surface area contributed by atoms with Gasteiger partial charge in [-0.15, -0.1) is 0 Å². The van der Waals surface area contributed by atoms with Crippen molar-refractivity contribution in [3.63, 3.8) is 0 Å². The Labute approximate surface area is 319 Å². The second kappa shape index (κ2) is 18.9. The van der Waals surface area contributed by atoms with Crippen molar-refractivity contribution in [2.24, 2.45) is 0 Å². The first-order chi connectivity index (χ1) is 26.1. The number of fused-ring (bicyclic) bond motifs is 3. The third kappa shape index (κ3) is 9.28. The van der Waals surface area contributed by atoms with Gasteiger partial charge in [0, 0.05) is 11.0 Å². The Bertz CT molecular complexity index is 1900. The molecule has 5 aromatic rings. The van der Waals surface area contributed by atoms with Crippen LogP contribution in [0.1, 0.15) is 136 Å². The predicted octanol–water partition coefficient (Wildman–Crippen LogP) is 14.8. The summed E-state index contributed by atoms with van der Waals surface area (Å²) in [5, 5.41) is 0. The van der Waals surface area contributed by atoms with E-state index in [1.54, 1.807) is 0 Å². The van der Waals surface area contributed by atoms with Crippen LogP contribution in [0.4, 0.5) is 0 Å². The highest BCUT2D eigenvalue weighted by molar-refractivity contribution is 5.86. The first kappa shape index (κ1) is 38.0. The van der Waals surface area contributed by atoms with Gasteiger partial charge in [0.2, 0.25) is 0 Å². The summed E-state index contributed by atoms with van der Waals surface area (Å²) in [5.41, 5.74) is 13.6. The zero-order chi connectivity index (χ0) is 36.9. The van der Waals surface area contributed by atoms with E-state index in [1.165, 1.54) is 134 Å². The van der Waals surface area contributed by atoms with Gasteiger partial charge in [-0.1, -0.05) is 188 Å². The molecule has 0 heterocycles. The number of rotatable bonds is 21. The molecule has 0 bridgehead atoms. The van der Waals surface area contributed by atoms with Crippen LogP contribution in [0, 0.1) is 0 Å². The molecule has 0 N–H and O–H groups in total. The van der Waals surface area contributed by atoms with E-state index in [4.69, 9.17) is 4.74 Å². The monoisotopic (exact) mass is 702 g/mol. The van der Waals surface area contributed by atoms with Gasteiger partial charge in [-0.25, -0.2) is 0 Å². The molecule has 2 nitrogen and oxygen atoms in total. The van der Waals surface area contributed by atoms with Gasteiger partial charge in [0.15, 0.2) is 0 Å². The molecule has 0 saturated carbocycles. The van der Waals surface area contributed by atoms with Crippen LogP contribution in [0.15, 0.2) is 116 Å². The summed E-state index contributed by atoms with van der Waals surface area (Å²) in [6.07, 6.45) is 20.7. The van der Waals surface area contributed by atoms with Crippen molar-refractivity contribution in [2.75, 3.05) is 0 Å². The molecule has 6 rings (SSSR count). The molecule has 0 saturated heterocycles. The van der Waals surface area contributed by atoms with E-state index in [2.05, 4.69) is 117 Å². The van der Waals surface area contributed by atoms with Gasteiger partial charge in [0.25, 0.3) is 0 Å². The number of unbranched alkanes of at least 4 members (excludes halogenated alkanes) is 10. The topological polar surface area (TPSA) is 26.3 Å². The number of carbonyl (C=O) groups is 1. The molecule has 0 aromatic heterocycles. The summed E-state index contributed by atoms with van der Waals surface area (Å²) < 4.78 is 6.18. The highest BCUT2D eigenvalue weighted by Gasteiger charge is 2.42. The fraction of sp³-hybridized carbons (Fsp3) is 0.353. The zero-order valence-corrected chi connectivity index (χ0v) is 32.2. The summed E-state index contributed by atoms with van der Waals surface area (Å²) in [6, 6.07) is 39.5. The minimum atomic E-state index is -0.0286. The van der Waals surface area contributed by atoms with Crippen molar-refractivity contribution >= 4 is 12.4 Å². The van der Waals surface area contributed by atoms with Crippen molar-refractivity contribution in [1.82, 2.24) is 0 Å². The standard InChI is InChI=1S/C51H58O2/c1-4-7-9-11-13-15-33-51(34-16-14-12-10-8-5-2)49-35-44(42-23-21-40(37-52)22-24-42)27-31-47(49)48-32-28-45(36-50(48)51)43-25-29-46(30-26-43)53-38-41-19-17-39(6-3)18-20-41/h6,17-32,35-37H,3-5,7-16,33-34,38H2,1-2H3. The Morgan fingerprint density at radius 3 is 1.47 bits per heavy atom. The molecule has 0 atom stereocenters. The lowest BCUT2D eigenvalue weighted by Gasteiger charge is -2.33. The summed E-state index contributed by atoms with van der Waals surface area (Å²) in [7, 11) is 0. The van der Waals surface area contributed by atoms with E-state index in [0.717, 1.165) is 23.2 Å². The number of benzene rings is 5. The number of hydrogen-bond acceptors (Lipinski definition) is 2.